The third kappa shape index (κ3) is 3.98. The molecule has 0 N–H and O–H groups in total. The molecule has 0 heterocycles. The van der Waals surface area contributed by atoms with Gasteiger partial charge in [-0.2, -0.15) is 0 Å². The zero-order valence-corrected chi connectivity index (χ0v) is 16.1. The predicted molar refractivity (Wildman–Crippen MR) is 109 cm³/mol. The highest BCUT2D eigenvalue weighted by atomic mass is 79.9. The number of hydrogen-bond acceptors (Lipinski definition) is 3. The number of ketones is 1. The molecule has 3 aromatic rings. The molecule has 0 aromatic heterocycles. The Hall–Kier alpha value is -2.79. The van der Waals surface area contributed by atoms with Crippen LogP contribution < -0.4 is 0 Å². The standard InChI is InChI=1S/C22H18BrNO3/c23-22(24(26)27,19-14-8-3-9-15-19)20(17-10-4-1-5-11-17)16-21(25)18-12-6-2-7-13-18/h1-15,20H,16H2/t20-,22-/m0/s1. The minimum atomic E-state index is -1.61. The first-order chi connectivity index (χ1) is 13.0. The summed E-state index contributed by atoms with van der Waals surface area (Å²) in [7, 11) is 0. The second kappa shape index (κ2) is 8.27. The first-order valence-electron chi connectivity index (χ1n) is 8.55. The molecular weight excluding hydrogens is 406 g/mol. The lowest BCUT2D eigenvalue weighted by molar-refractivity contribution is -0.548. The molecule has 3 aromatic carbocycles. The van der Waals surface area contributed by atoms with E-state index in [1.807, 2.05) is 42.5 Å². The summed E-state index contributed by atoms with van der Waals surface area (Å²) in [6.45, 7) is 0. The van der Waals surface area contributed by atoms with Crippen molar-refractivity contribution in [3.8, 4) is 0 Å². The average Bonchev–Trinajstić information content (AvgIpc) is 2.73. The second-order valence-electron chi connectivity index (χ2n) is 6.25. The Labute approximate surface area is 166 Å². The van der Waals surface area contributed by atoms with Crippen LogP contribution in [0.2, 0.25) is 0 Å². The minimum Gasteiger partial charge on any atom is -0.294 e. The lowest BCUT2D eigenvalue weighted by Gasteiger charge is -2.29. The molecular formula is C22H18BrNO3. The van der Waals surface area contributed by atoms with Crippen molar-refractivity contribution >= 4 is 21.7 Å². The van der Waals surface area contributed by atoms with Gasteiger partial charge in [-0.05, 0) is 5.56 Å². The van der Waals surface area contributed by atoms with E-state index in [2.05, 4.69) is 15.9 Å². The smallest absolute Gasteiger partial charge is 0.294 e. The van der Waals surface area contributed by atoms with Crippen molar-refractivity contribution in [2.75, 3.05) is 0 Å². The first-order valence-corrected chi connectivity index (χ1v) is 9.35. The number of hydrogen-bond donors (Lipinski definition) is 0. The van der Waals surface area contributed by atoms with Crippen molar-refractivity contribution in [2.24, 2.45) is 0 Å². The number of halogens is 1. The molecule has 0 unspecified atom stereocenters. The van der Waals surface area contributed by atoms with E-state index in [-0.39, 0.29) is 17.1 Å². The Morgan fingerprint density at radius 1 is 0.889 bits per heavy atom. The summed E-state index contributed by atoms with van der Waals surface area (Å²) in [5.41, 5.74) is 1.79. The van der Waals surface area contributed by atoms with E-state index < -0.39 is 10.4 Å². The number of nitro groups is 1. The quantitative estimate of drug-likeness (QED) is 0.164. The molecule has 0 aliphatic carbocycles. The van der Waals surface area contributed by atoms with Crippen molar-refractivity contribution in [3.63, 3.8) is 0 Å². The summed E-state index contributed by atoms with van der Waals surface area (Å²) >= 11 is 3.41. The number of rotatable bonds is 7. The van der Waals surface area contributed by atoms with E-state index in [1.165, 1.54) is 0 Å². The van der Waals surface area contributed by atoms with Gasteiger partial charge in [-0.15, -0.1) is 0 Å². The van der Waals surface area contributed by atoms with Crippen LogP contribution in [-0.2, 0) is 4.45 Å². The van der Waals surface area contributed by atoms with Gasteiger partial charge in [-0.3, -0.25) is 14.9 Å². The van der Waals surface area contributed by atoms with E-state index in [9.17, 15) is 14.9 Å². The number of Topliss-reactive ketones (excluding diaryl/α,β-unsaturated/α-hetero) is 1. The summed E-state index contributed by atoms with van der Waals surface area (Å²) in [6, 6.07) is 26.8. The molecule has 2 atom stereocenters. The summed E-state index contributed by atoms with van der Waals surface area (Å²) in [5, 5.41) is 12.2. The van der Waals surface area contributed by atoms with Crippen LogP contribution >= 0.6 is 15.9 Å². The molecule has 0 fully saturated rings. The van der Waals surface area contributed by atoms with Crippen molar-refractivity contribution in [2.45, 2.75) is 16.8 Å². The van der Waals surface area contributed by atoms with Gasteiger partial charge in [0.1, 0.15) is 0 Å². The maximum Gasteiger partial charge on any atom is 0.306 e. The Balaban J connectivity index is 2.09. The maximum absolute atomic E-state index is 12.9. The summed E-state index contributed by atoms with van der Waals surface area (Å²) in [6.07, 6.45) is 0.00908. The number of carbonyl (C=O) groups excluding carboxylic acids is 1. The summed E-state index contributed by atoms with van der Waals surface area (Å²) < 4.78 is -1.61. The molecule has 0 spiro atoms. The topological polar surface area (TPSA) is 60.2 Å². The van der Waals surface area contributed by atoms with Crippen molar-refractivity contribution in [1.82, 2.24) is 0 Å². The van der Waals surface area contributed by atoms with Crippen molar-refractivity contribution < 1.29 is 9.72 Å². The molecule has 0 bridgehead atoms. The van der Waals surface area contributed by atoms with Crippen molar-refractivity contribution in [3.05, 3.63) is 118 Å². The van der Waals surface area contributed by atoms with Crippen LogP contribution in [0.5, 0.6) is 0 Å². The Morgan fingerprint density at radius 3 is 1.89 bits per heavy atom. The van der Waals surface area contributed by atoms with Gasteiger partial charge < -0.3 is 0 Å². The number of benzene rings is 3. The molecule has 0 amide bonds. The van der Waals surface area contributed by atoms with Gasteiger partial charge in [0, 0.05) is 38.4 Å². The minimum absolute atomic E-state index is 0.00908. The average molecular weight is 424 g/mol. The molecule has 0 aliphatic rings. The Kier molecular flexibility index (Phi) is 5.81. The normalized spacial score (nSPS) is 14.1. The summed E-state index contributed by atoms with van der Waals surface area (Å²) in [4.78, 5) is 24.7. The summed E-state index contributed by atoms with van der Waals surface area (Å²) in [5.74, 6) is -0.810. The largest absolute Gasteiger partial charge is 0.306 e. The Morgan fingerprint density at radius 2 is 1.37 bits per heavy atom. The van der Waals surface area contributed by atoms with E-state index in [0.717, 1.165) is 5.56 Å². The molecule has 136 valence electrons. The van der Waals surface area contributed by atoms with Crippen LogP contribution in [-0.4, -0.2) is 10.7 Å². The lowest BCUT2D eigenvalue weighted by Crippen LogP contribution is -2.37. The highest BCUT2D eigenvalue weighted by Crippen LogP contribution is 2.47. The first kappa shape index (κ1) is 19.0. The molecule has 0 saturated carbocycles. The van der Waals surface area contributed by atoms with Crippen LogP contribution in [0, 0.1) is 10.1 Å². The monoisotopic (exact) mass is 423 g/mol. The van der Waals surface area contributed by atoms with Crippen LogP contribution in [0.25, 0.3) is 0 Å². The van der Waals surface area contributed by atoms with Gasteiger partial charge in [-0.1, -0.05) is 91.0 Å². The SMILES string of the molecule is O=C(C[C@@H](c1ccccc1)[C@](Br)(c1ccccc1)[N+](=O)[O-])c1ccccc1. The zero-order valence-electron chi connectivity index (χ0n) is 14.5. The van der Waals surface area contributed by atoms with Crippen LogP contribution in [0.15, 0.2) is 91.0 Å². The molecule has 4 nitrogen and oxygen atoms in total. The second-order valence-corrected chi connectivity index (χ2v) is 7.46. The van der Waals surface area contributed by atoms with Gasteiger partial charge in [0.05, 0.1) is 5.92 Å². The number of nitrogens with zero attached hydrogens (tertiary/aromatic N) is 1. The van der Waals surface area contributed by atoms with E-state index in [1.54, 1.807) is 48.5 Å². The van der Waals surface area contributed by atoms with Gasteiger partial charge >= 0.3 is 4.45 Å². The van der Waals surface area contributed by atoms with E-state index in [0.29, 0.717) is 11.1 Å². The lowest BCUT2D eigenvalue weighted by atomic mass is 9.82. The highest BCUT2D eigenvalue weighted by Gasteiger charge is 2.51. The fourth-order valence-corrected chi connectivity index (χ4v) is 3.88. The van der Waals surface area contributed by atoms with Gasteiger partial charge in [0.2, 0.25) is 0 Å². The van der Waals surface area contributed by atoms with Gasteiger partial charge in [-0.25, -0.2) is 0 Å². The zero-order chi connectivity index (χ0) is 19.3. The molecule has 3 rings (SSSR count). The number of alkyl halides is 1. The fraction of sp³-hybridized carbons (Fsp3) is 0.136. The molecule has 5 heteroatoms. The van der Waals surface area contributed by atoms with Gasteiger partial charge in [0.25, 0.3) is 0 Å². The van der Waals surface area contributed by atoms with E-state index >= 15 is 0 Å². The van der Waals surface area contributed by atoms with Gasteiger partial charge in [0.15, 0.2) is 5.78 Å². The fourth-order valence-electron chi connectivity index (χ4n) is 3.19. The molecule has 0 aliphatic heterocycles. The third-order valence-electron chi connectivity index (χ3n) is 4.59. The molecule has 0 radical (unpaired) electrons. The van der Waals surface area contributed by atoms with Crippen molar-refractivity contribution in [1.29, 1.82) is 0 Å². The maximum atomic E-state index is 12.9. The van der Waals surface area contributed by atoms with Crippen LogP contribution in [0.3, 0.4) is 0 Å². The van der Waals surface area contributed by atoms with E-state index in [4.69, 9.17) is 0 Å². The van der Waals surface area contributed by atoms with Crippen LogP contribution in [0.4, 0.5) is 0 Å². The molecule has 0 saturated heterocycles. The van der Waals surface area contributed by atoms with Crippen LogP contribution in [0.1, 0.15) is 33.8 Å². The number of carbonyl (C=O) groups is 1. The predicted octanol–water partition coefficient (Wildman–Crippen LogP) is 5.57. The Bertz CT molecular complexity index is 916. The highest BCUT2D eigenvalue weighted by molar-refractivity contribution is 9.09. The molecule has 27 heavy (non-hydrogen) atoms. The third-order valence-corrected chi connectivity index (χ3v) is 5.89.